The highest BCUT2D eigenvalue weighted by molar-refractivity contribution is 8.00. The first-order valence-corrected chi connectivity index (χ1v) is 10.6. The highest BCUT2D eigenvalue weighted by Crippen LogP contribution is 2.35. The summed E-state index contributed by atoms with van der Waals surface area (Å²) in [6.07, 6.45) is -0.115. The molecule has 1 atom stereocenters. The number of ether oxygens (including phenoxy) is 1. The third-order valence-electron chi connectivity index (χ3n) is 4.35. The Morgan fingerprint density at radius 3 is 2.55 bits per heavy atom. The zero-order chi connectivity index (χ0) is 22.4. The van der Waals surface area contributed by atoms with E-state index in [9.17, 15) is 18.0 Å². The second-order valence-electron chi connectivity index (χ2n) is 6.57. The van der Waals surface area contributed by atoms with Crippen LogP contribution in [0.25, 0.3) is 17.1 Å². The molecular weight excluding hydrogens is 429 g/mol. The molecule has 3 aromatic rings. The number of pyridine rings is 1. The Kier molecular flexibility index (Phi) is 7.32. The van der Waals surface area contributed by atoms with E-state index in [0.29, 0.717) is 23.0 Å². The minimum absolute atomic E-state index is 0.238. The monoisotopic (exact) mass is 450 g/mol. The van der Waals surface area contributed by atoms with Crippen LogP contribution in [0.5, 0.6) is 0 Å². The predicted molar refractivity (Wildman–Crippen MR) is 111 cm³/mol. The number of nitrogens with zero attached hydrogens (tertiary/aromatic N) is 4. The number of thioether (sulfide) groups is 1. The fraction of sp³-hybridized carbons (Fsp3) is 0.333. The summed E-state index contributed by atoms with van der Waals surface area (Å²) in [6.45, 7) is 3.90. The van der Waals surface area contributed by atoms with E-state index in [1.807, 2.05) is 6.92 Å². The SMILES string of the molecule is CCC[C@@H](Sc1nnc(-c2ccncc2)n1-c1cccc(C(F)(F)F)c1)C(=O)OCC. The number of hydrogen-bond donors (Lipinski definition) is 0. The van der Waals surface area contributed by atoms with Gasteiger partial charge in [-0.05, 0) is 43.7 Å². The van der Waals surface area contributed by atoms with Gasteiger partial charge in [0.15, 0.2) is 11.0 Å². The Hall–Kier alpha value is -2.88. The summed E-state index contributed by atoms with van der Waals surface area (Å²) in [6, 6.07) is 8.31. The van der Waals surface area contributed by atoms with Crippen LogP contribution in [0.3, 0.4) is 0 Å². The van der Waals surface area contributed by atoms with E-state index in [1.54, 1.807) is 37.5 Å². The van der Waals surface area contributed by atoms with Crippen molar-refractivity contribution in [2.45, 2.75) is 43.3 Å². The maximum Gasteiger partial charge on any atom is 0.416 e. The molecule has 0 aliphatic carbocycles. The van der Waals surface area contributed by atoms with Crippen LogP contribution >= 0.6 is 11.8 Å². The average Bonchev–Trinajstić information content (AvgIpc) is 3.17. The van der Waals surface area contributed by atoms with Crippen LogP contribution in [0.2, 0.25) is 0 Å². The van der Waals surface area contributed by atoms with Crippen LogP contribution in [-0.4, -0.2) is 37.6 Å². The molecule has 2 aromatic heterocycles. The highest BCUT2D eigenvalue weighted by atomic mass is 32.2. The normalized spacial score (nSPS) is 12.5. The second kappa shape index (κ2) is 9.95. The maximum absolute atomic E-state index is 13.3. The highest BCUT2D eigenvalue weighted by Gasteiger charge is 2.31. The van der Waals surface area contributed by atoms with E-state index in [2.05, 4.69) is 15.2 Å². The van der Waals surface area contributed by atoms with Crippen LogP contribution in [0.4, 0.5) is 13.2 Å². The minimum atomic E-state index is -4.50. The third-order valence-corrected chi connectivity index (χ3v) is 5.54. The lowest BCUT2D eigenvalue weighted by Crippen LogP contribution is -2.21. The van der Waals surface area contributed by atoms with Crippen molar-refractivity contribution in [1.29, 1.82) is 0 Å². The fourth-order valence-electron chi connectivity index (χ4n) is 2.94. The summed E-state index contributed by atoms with van der Waals surface area (Å²) < 4.78 is 46.6. The first-order valence-electron chi connectivity index (χ1n) is 9.71. The number of benzene rings is 1. The summed E-state index contributed by atoms with van der Waals surface area (Å²) in [5.74, 6) is -0.0401. The molecule has 0 saturated heterocycles. The van der Waals surface area contributed by atoms with Gasteiger partial charge in [0.05, 0.1) is 17.9 Å². The lowest BCUT2D eigenvalue weighted by molar-refractivity contribution is -0.142. The Balaban J connectivity index is 2.11. The lowest BCUT2D eigenvalue weighted by Gasteiger charge is -2.16. The Bertz CT molecular complexity index is 1020. The van der Waals surface area contributed by atoms with Gasteiger partial charge in [-0.3, -0.25) is 14.3 Å². The molecule has 0 aliphatic rings. The largest absolute Gasteiger partial charge is 0.465 e. The van der Waals surface area contributed by atoms with Crippen molar-refractivity contribution in [3.8, 4) is 17.1 Å². The van der Waals surface area contributed by atoms with E-state index >= 15 is 0 Å². The smallest absolute Gasteiger partial charge is 0.416 e. The molecule has 164 valence electrons. The summed E-state index contributed by atoms with van der Waals surface area (Å²) >= 11 is 1.13. The first kappa shape index (κ1) is 22.8. The standard InChI is InChI=1S/C21H21F3N4O2S/c1-3-6-17(19(29)30-4-2)31-20-27-26-18(14-9-11-25-12-10-14)28(20)16-8-5-7-15(13-16)21(22,23)24/h5,7-13,17H,3-4,6H2,1-2H3/t17-/m1/s1. The van der Waals surface area contributed by atoms with Gasteiger partial charge in [0, 0.05) is 18.0 Å². The summed E-state index contributed by atoms with van der Waals surface area (Å²) in [5, 5.41) is 8.15. The summed E-state index contributed by atoms with van der Waals surface area (Å²) in [7, 11) is 0. The quantitative estimate of drug-likeness (QED) is 0.348. The number of hydrogen-bond acceptors (Lipinski definition) is 6. The number of halogens is 3. The van der Waals surface area contributed by atoms with E-state index in [1.165, 1.54) is 10.6 Å². The zero-order valence-corrected chi connectivity index (χ0v) is 17.8. The van der Waals surface area contributed by atoms with Gasteiger partial charge in [0.1, 0.15) is 5.25 Å². The van der Waals surface area contributed by atoms with Crippen molar-refractivity contribution in [2.24, 2.45) is 0 Å². The molecule has 1 aromatic carbocycles. The van der Waals surface area contributed by atoms with Crippen molar-refractivity contribution in [1.82, 2.24) is 19.7 Å². The van der Waals surface area contributed by atoms with E-state index in [0.717, 1.165) is 30.3 Å². The lowest BCUT2D eigenvalue weighted by atomic mass is 10.2. The van der Waals surface area contributed by atoms with Gasteiger partial charge in [-0.25, -0.2) is 0 Å². The Labute approximate surface area is 181 Å². The summed E-state index contributed by atoms with van der Waals surface area (Å²) in [5.41, 5.74) is 0.0917. The van der Waals surface area contributed by atoms with E-state index < -0.39 is 23.0 Å². The van der Waals surface area contributed by atoms with Crippen molar-refractivity contribution in [3.63, 3.8) is 0 Å². The molecule has 0 aliphatic heterocycles. The molecule has 6 nitrogen and oxygen atoms in total. The molecule has 0 spiro atoms. The van der Waals surface area contributed by atoms with Crippen LogP contribution in [0.15, 0.2) is 53.9 Å². The molecule has 10 heteroatoms. The van der Waals surface area contributed by atoms with Gasteiger partial charge in [-0.1, -0.05) is 31.2 Å². The van der Waals surface area contributed by atoms with Crippen LogP contribution in [0.1, 0.15) is 32.3 Å². The third kappa shape index (κ3) is 5.43. The van der Waals surface area contributed by atoms with Crippen molar-refractivity contribution in [3.05, 3.63) is 54.4 Å². The van der Waals surface area contributed by atoms with Gasteiger partial charge in [-0.2, -0.15) is 13.2 Å². The Morgan fingerprint density at radius 1 is 1.16 bits per heavy atom. The second-order valence-corrected chi connectivity index (χ2v) is 7.74. The molecule has 0 fully saturated rings. The average molecular weight is 450 g/mol. The van der Waals surface area contributed by atoms with Crippen molar-refractivity contribution in [2.75, 3.05) is 6.61 Å². The van der Waals surface area contributed by atoms with Crippen LogP contribution in [-0.2, 0) is 15.7 Å². The molecular formula is C21H21F3N4O2S. The van der Waals surface area contributed by atoms with Gasteiger partial charge in [-0.15, -0.1) is 10.2 Å². The van der Waals surface area contributed by atoms with Crippen molar-refractivity contribution >= 4 is 17.7 Å². The molecule has 0 bridgehead atoms. The number of esters is 1. The molecule has 0 radical (unpaired) electrons. The molecule has 3 rings (SSSR count). The minimum Gasteiger partial charge on any atom is -0.465 e. The molecule has 0 amide bonds. The first-order chi connectivity index (χ1) is 14.8. The molecule has 2 heterocycles. The van der Waals surface area contributed by atoms with Gasteiger partial charge >= 0.3 is 12.1 Å². The Morgan fingerprint density at radius 2 is 1.90 bits per heavy atom. The number of alkyl halides is 3. The van der Waals surface area contributed by atoms with Crippen LogP contribution in [0, 0.1) is 0 Å². The van der Waals surface area contributed by atoms with E-state index in [-0.39, 0.29) is 12.3 Å². The number of rotatable bonds is 8. The maximum atomic E-state index is 13.3. The van der Waals surface area contributed by atoms with Crippen LogP contribution < -0.4 is 0 Å². The fourth-order valence-corrected chi connectivity index (χ4v) is 4.10. The number of carbonyl (C=O) groups is 1. The number of carbonyl (C=O) groups excluding carboxylic acids is 1. The predicted octanol–water partition coefficient (Wildman–Crippen LogP) is 5.17. The summed E-state index contributed by atoms with van der Waals surface area (Å²) in [4.78, 5) is 16.4. The molecule has 0 saturated carbocycles. The van der Waals surface area contributed by atoms with Crippen molar-refractivity contribution < 1.29 is 22.7 Å². The molecule has 0 N–H and O–H groups in total. The number of aromatic nitrogens is 4. The van der Waals surface area contributed by atoms with Gasteiger partial charge in [0.2, 0.25) is 0 Å². The molecule has 31 heavy (non-hydrogen) atoms. The van der Waals surface area contributed by atoms with E-state index in [4.69, 9.17) is 4.74 Å². The zero-order valence-electron chi connectivity index (χ0n) is 17.0. The topological polar surface area (TPSA) is 69.9 Å². The van der Waals surface area contributed by atoms with Gasteiger partial charge < -0.3 is 4.74 Å². The molecule has 0 unspecified atom stereocenters. The van der Waals surface area contributed by atoms with Gasteiger partial charge in [0.25, 0.3) is 0 Å².